The Morgan fingerprint density at radius 2 is 1.84 bits per heavy atom. The van der Waals surface area contributed by atoms with E-state index in [1.807, 2.05) is 25.1 Å². The number of aromatic amines is 1. The summed E-state index contributed by atoms with van der Waals surface area (Å²) in [5, 5.41) is 0.857. The SMILES string of the molecule is Cc1cccc2[nH]cc(C(=O)c3ccccc3F)c12. The van der Waals surface area contributed by atoms with Gasteiger partial charge in [0.25, 0.3) is 0 Å². The van der Waals surface area contributed by atoms with Gasteiger partial charge >= 0.3 is 0 Å². The maximum Gasteiger partial charge on any atom is 0.198 e. The van der Waals surface area contributed by atoms with Gasteiger partial charge in [-0.2, -0.15) is 0 Å². The van der Waals surface area contributed by atoms with Crippen LogP contribution in [-0.4, -0.2) is 10.8 Å². The first-order valence-electron chi connectivity index (χ1n) is 6.04. The Kier molecular flexibility index (Phi) is 2.67. The minimum absolute atomic E-state index is 0.103. The quantitative estimate of drug-likeness (QED) is 0.691. The summed E-state index contributed by atoms with van der Waals surface area (Å²) in [6.07, 6.45) is 1.65. The van der Waals surface area contributed by atoms with Crippen molar-refractivity contribution >= 4 is 16.7 Å². The number of benzene rings is 2. The fourth-order valence-electron chi connectivity index (χ4n) is 2.34. The van der Waals surface area contributed by atoms with Gasteiger partial charge in [-0.3, -0.25) is 4.79 Å². The molecule has 0 fully saturated rings. The predicted molar refractivity (Wildman–Crippen MR) is 72.9 cm³/mol. The summed E-state index contributed by atoms with van der Waals surface area (Å²) in [6, 6.07) is 11.8. The average molecular weight is 253 g/mol. The van der Waals surface area contributed by atoms with Crippen LogP contribution in [0.4, 0.5) is 4.39 Å². The molecule has 3 heteroatoms. The second kappa shape index (κ2) is 4.35. The van der Waals surface area contributed by atoms with Crippen molar-refractivity contribution in [3.05, 3.63) is 71.2 Å². The standard InChI is InChI=1S/C16H12FNO/c1-10-5-4-8-14-15(10)12(9-18-14)16(19)11-6-2-3-7-13(11)17/h2-9,18H,1H3. The van der Waals surface area contributed by atoms with Crippen LogP contribution in [0.3, 0.4) is 0 Å². The van der Waals surface area contributed by atoms with E-state index in [4.69, 9.17) is 0 Å². The fourth-order valence-corrected chi connectivity index (χ4v) is 2.34. The van der Waals surface area contributed by atoms with Gasteiger partial charge in [-0.25, -0.2) is 4.39 Å². The average Bonchev–Trinajstić information content (AvgIpc) is 2.84. The molecule has 94 valence electrons. The highest BCUT2D eigenvalue weighted by Crippen LogP contribution is 2.25. The lowest BCUT2D eigenvalue weighted by atomic mass is 10.00. The van der Waals surface area contributed by atoms with E-state index < -0.39 is 5.82 Å². The van der Waals surface area contributed by atoms with Crippen molar-refractivity contribution in [2.45, 2.75) is 6.92 Å². The minimum Gasteiger partial charge on any atom is -0.360 e. The number of fused-ring (bicyclic) bond motifs is 1. The van der Waals surface area contributed by atoms with Gasteiger partial charge in [0.15, 0.2) is 5.78 Å². The maximum atomic E-state index is 13.7. The Balaban J connectivity index is 2.21. The summed E-state index contributed by atoms with van der Waals surface area (Å²) in [7, 11) is 0. The molecule has 0 aliphatic rings. The molecule has 0 atom stereocenters. The first kappa shape index (κ1) is 11.7. The van der Waals surface area contributed by atoms with Gasteiger partial charge in [0.2, 0.25) is 0 Å². The number of ketones is 1. The molecule has 3 rings (SSSR count). The molecule has 0 aliphatic carbocycles. The van der Waals surface area contributed by atoms with Crippen molar-refractivity contribution in [3.8, 4) is 0 Å². The lowest BCUT2D eigenvalue weighted by Crippen LogP contribution is -2.03. The van der Waals surface area contributed by atoms with Gasteiger partial charge in [-0.15, -0.1) is 0 Å². The van der Waals surface area contributed by atoms with Gasteiger partial charge < -0.3 is 4.98 Å². The maximum absolute atomic E-state index is 13.7. The summed E-state index contributed by atoms with van der Waals surface area (Å²) < 4.78 is 13.7. The summed E-state index contributed by atoms with van der Waals surface area (Å²) in [5.41, 5.74) is 2.50. The molecule has 1 heterocycles. The molecule has 0 radical (unpaired) electrons. The van der Waals surface area contributed by atoms with E-state index >= 15 is 0 Å². The zero-order valence-electron chi connectivity index (χ0n) is 10.4. The van der Waals surface area contributed by atoms with Crippen LogP contribution < -0.4 is 0 Å². The van der Waals surface area contributed by atoms with Crippen molar-refractivity contribution in [1.82, 2.24) is 4.98 Å². The largest absolute Gasteiger partial charge is 0.360 e. The summed E-state index contributed by atoms with van der Waals surface area (Å²) in [6.45, 7) is 1.94. The van der Waals surface area contributed by atoms with Crippen molar-refractivity contribution < 1.29 is 9.18 Å². The summed E-state index contributed by atoms with van der Waals surface area (Å²) in [4.78, 5) is 15.5. The second-order valence-electron chi connectivity index (χ2n) is 4.51. The van der Waals surface area contributed by atoms with Crippen molar-refractivity contribution in [2.75, 3.05) is 0 Å². The Morgan fingerprint density at radius 1 is 1.05 bits per heavy atom. The van der Waals surface area contributed by atoms with Crippen molar-refractivity contribution in [1.29, 1.82) is 0 Å². The van der Waals surface area contributed by atoms with Crippen LogP contribution in [0.15, 0.2) is 48.7 Å². The fraction of sp³-hybridized carbons (Fsp3) is 0.0625. The topological polar surface area (TPSA) is 32.9 Å². The van der Waals surface area contributed by atoms with E-state index in [2.05, 4.69) is 4.98 Å². The first-order valence-corrected chi connectivity index (χ1v) is 6.04. The molecule has 0 unspecified atom stereocenters. The van der Waals surface area contributed by atoms with E-state index in [1.54, 1.807) is 18.3 Å². The molecule has 2 aromatic carbocycles. The third-order valence-corrected chi connectivity index (χ3v) is 3.28. The van der Waals surface area contributed by atoms with E-state index in [0.29, 0.717) is 5.56 Å². The second-order valence-corrected chi connectivity index (χ2v) is 4.51. The number of aryl methyl sites for hydroxylation is 1. The monoisotopic (exact) mass is 253 g/mol. The number of rotatable bonds is 2. The Morgan fingerprint density at radius 3 is 2.63 bits per heavy atom. The van der Waals surface area contributed by atoms with Crippen molar-refractivity contribution in [3.63, 3.8) is 0 Å². The molecular weight excluding hydrogens is 241 g/mol. The zero-order chi connectivity index (χ0) is 13.4. The van der Waals surface area contributed by atoms with Gasteiger partial charge in [0, 0.05) is 22.7 Å². The lowest BCUT2D eigenvalue weighted by Gasteiger charge is -2.03. The molecule has 0 saturated heterocycles. The molecule has 0 amide bonds. The first-order chi connectivity index (χ1) is 9.18. The molecule has 0 aliphatic heterocycles. The molecule has 0 spiro atoms. The minimum atomic E-state index is -0.490. The number of hydrogen-bond acceptors (Lipinski definition) is 1. The molecule has 2 nitrogen and oxygen atoms in total. The van der Waals surface area contributed by atoms with Gasteiger partial charge in [0.05, 0.1) is 5.56 Å². The van der Waals surface area contributed by atoms with Crippen LogP contribution in [-0.2, 0) is 0 Å². The highest BCUT2D eigenvalue weighted by molar-refractivity contribution is 6.17. The van der Waals surface area contributed by atoms with Crippen LogP contribution in [0, 0.1) is 12.7 Å². The third-order valence-electron chi connectivity index (χ3n) is 3.28. The molecule has 3 aromatic rings. The molecule has 1 N–H and O–H groups in total. The summed E-state index contributed by atoms with van der Waals surface area (Å²) >= 11 is 0. The number of carbonyl (C=O) groups is 1. The van der Waals surface area contributed by atoms with E-state index in [-0.39, 0.29) is 11.3 Å². The molecule has 19 heavy (non-hydrogen) atoms. The molecule has 0 saturated carbocycles. The highest BCUT2D eigenvalue weighted by atomic mass is 19.1. The number of H-pyrrole nitrogens is 1. The zero-order valence-corrected chi connectivity index (χ0v) is 10.4. The molecular formula is C16H12FNO. The van der Waals surface area contributed by atoms with Crippen LogP contribution in [0.5, 0.6) is 0 Å². The number of aromatic nitrogens is 1. The van der Waals surface area contributed by atoms with Gasteiger partial charge in [-0.05, 0) is 30.7 Å². The van der Waals surface area contributed by atoms with Crippen LogP contribution in [0.1, 0.15) is 21.5 Å². The van der Waals surface area contributed by atoms with Gasteiger partial charge in [0.1, 0.15) is 5.82 Å². The lowest BCUT2D eigenvalue weighted by molar-refractivity contribution is 0.103. The van der Waals surface area contributed by atoms with Crippen LogP contribution in [0.2, 0.25) is 0 Å². The Hall–Kier alpha value is -2.42. The normalized spacial score (nSPS) is 10.8. The summed E-state index contributed by atoms with van der Waals surface area (Å²) in [5.74, 6) is -0.783. The highest BCUT2D eigenvalue weighted by Gasteiger charge is 2.18. The van der Waals surface area contributed by atoms with Gasteiger partial charge in [-0.1, -0.05) is 24.3 Å². The molecule has 1 aromatic heterocycles. The number of halogens is 1. The van der Waals surface area contributed by atoms with Crippen LogP contribution in [0.25, 0.3) is 10.9 Å². The van der Waals surface area contributed by atoms with Crippen molar-refractivity contribution in [2.24, 2.45) is 0 Å². The van der Waals surface area contributed by atoms with E-state index in [9.17, 15) is 9.18 Å². The Bertz CT molecular complexity index is 773. The smallest absolute Gasteiger partial charge is 0.198 e. The number of carbonyl (C=O) groups excluding carboxylic acids is 1. The predicted octanol–water partition coefficient (Wildman–Crippen LogP) is 3.85. The Labute approximate surface area is 109 Å². The van der Waals surface area contributed by atoms with E-state index in [0.717, 1.165) is 16.5 Å². The molecule has 0 bridgehead atoms. The van der Waals surface area contributed by atoms with Crippen LogP contribution >= 0.6 is 0 Å². The van der Waals surface area contributed by atoms with E-state index in [1.165, 1.54) is 12.1 Å². The number of nitrogens with one attached hydrogen (secondary N) is 1. The third kappa shape index (κ3) is 1.83. The number of hydrogen-bond donors (Lipinski definition) is 1.